The Kier molecular flexibility index (Phi) is 4.80. The van der Waals surface area contributed by atoms with Crippen LogP contribution in [0.4, 0.5) is 0 Å². The molecule has 0 aliphatic carbocycles. The van der Waals surface area contributed by atoms with E-state index in [0.717, 1.165) is 24.5 Å². The number of ether oxygens (including phenoxy) is 2. The van der Waals surface area contributed by atoms with E-state index in [1.165, 1.54) is 0 Å². The summed E-state index contributed by atoms with van der Waals surface area (Å²) < 4.78 is 11.2. The van der Waals surface area contributed by atoms with Gasteiger partial charge in [-0.25, -0.2) is 0 Å². The van der Waals surface area contributed by atoms with E-state index >= 15 is 0 Å². The van der Waals surface area contributed by atoms with Crippen molar-refractivity contribution in [1.29, 1.82) is 0 Å². The molecule has 0 radical (unpaired) electrons. The van der Waals surface area contributed by atoms with Gasteiger partial charge in [-0.3, -0.25) is 4.90 Å². The fraction of sp³-hybridized carbons (Fsp3) is 0.600. The van der Waals surface area contributed by atoms with Crippen LogP contribution in [0.15, 0.2) is 24.3 Å². The number of para-hydroxylation sites is 1. The lowest BCUT2D eigenvalue weighted by atomic mass is 10.0. The largest absolute Gasteiger partial charge is 0.496 e. The van der Waals surface area contributed by atoms with Gasteiger partial charge in [0.2, 0.25) is 0 Å². The molecule has 0 saturated carbocycles. The predicted octanol–water partition coefficient (Wildman–Crippen LogP) is 1.80. The lowest BCUT2D eigenvalue weighted by Crippen LogP contribution is -2.50. The van der Waals surface area contributed by atoms with Crippen molar-refractivity contribution in [2.45, 2.75) is 32.0 Å². The molecule has 1 heterocycles. The SMILES string of the molecule is COc1ccccc1C(CN)N1CC(C)OCC1C. The van der Waals surface area contributed by atoms with Crippen molar-refractivity contribution in [1.82, 2.24) is 4.90 Å². The summed E-state index contributed by atoms with van der Waals surface area (Å²) in [4.78, 5) is 2.42. The van der Waals surface area contributed by atoms with Crippen LogP contribution in [0.25, 0.3) is 0 Å². The first-order chi connectivity index (χ1) is 9.17. The molecule has 1 aromatic carbocycles. The number of hydrogen-bond acceptors (Lipinski definition) is 4. The summed E-state index contributed by atoms with van der Waals surface area (Å²) in [6, 6.07) is 8.67. The smallest absolute Gasteiger partial charge is 0.123 e. The third-order valence-corrected chi connectivity index (χ3v) is 3.78. The molecule has 0 aromatic heterocycles. The summed E-state index contributed by atoms with van der Waals surface area (Å²) in [5, 5.41) is 0. The molecule has 1 saturated heterocycles. The average molecular weight is 264 g/mol. The molecular formula is C15H24N2O2. The molecule has 1 aromatic rings. The van der Waals surface area contributed by atoms with E-state index < -0.39 is 0 Å². The van der Waals surface area contributed by atoms with Crippen molar-refractivity contribution in [3.63, 3.8) is 0 Å². The fourth-order valence-corrected chi connectivity index (χ4v) is 2.75. The third-order valence-electron chi connectivity index (χ3n) is 3.78. The zero-order chi connectivity index (χ0) is 13.8. The van der Waals surface area contributed by atoms with Gasteiger partial charge in [0, 0.05) is 24.7 Å². The monoisotopic (exact) mass is 264 g/mol. The van der Waals surface area contributed by atoms with E-state index in [1.54, 1.807) is 7.11 Å². The highest BCUT2D eigenvalue weighted by atomic mass is 16.5. The number of nitrogens with two attached hydrogens (primary N) is 1. The highest BCUT2D eigenvalue weighted by Crippen LogP contribution is 2.31. The van der Waals surface area contributed by atoms with Crippen LogP contribution in [-0.2, 0) is 4.74 Å². The first kappa shape index (κ1) is 14.3. The first-order valence-corrected chi connectivity index (χ1v) is 6.87. The number of benzene rings is 1. The molecule has 1 aliphatic heterocycles. The number of nitrogens with zero attached hydrogens (tertiary/aromatic N) is 1. The van der Waals surface area contributed by atoms with Gasteiger partial charge in [-0.2, -0.15) is 0 Å². The van der Waals surface area contributed by atoms with Crippen LogP contribution >= 0.6 is 0 Å². The Morgan fingerprint density at radius 1 is 1.42 bits per heavy atom. The quantitative estimate of drug-likeness (QED) is 0.901. The second-order valence-corrected chi connectivity index (χ2v) is 5.18. The van der Waals surface area contributed by atoms with E-state index in [2.05, 4.69) is 24.8 Å². The van der Waals surface area contributed by atoms with E-state index in [-0.39, 0.29) is 12.1 Å². The van der Waals surface area contributed by atoms with Crippen molar-refractivity contribution >= 4 is 0 Å². The summed E-state index contributed by atoms with van der Waals surface area (Å²) in [5.41, 5.74) is 7.19. The van der Waals surface area contributed by atoms with Crippen molar-refractivity contribution in [2.24, 2.45) is 5.73 Å². The summed E-state index contributed by atoms with van der Waals surface area (Å²) >= 11 is 0. The second kappa shape index (κ2) is 6.37. The summed E-state index contributed by atoms with van der Waals surface area (Å²) in [6.07, 6.45) is 0.250. The Morgan fingerprint density at radius 2 is 2.16 bits per heavy atom. The van der Waals surface area contributed by atoms with Gasteiger partial charge in [-0.05, 0) is 19.9 Å². The normalized spacial score (nSPS) is 26.1. The van der Waals surface area contributed by atoms with Crippen molar-refractivity contribution in [3.8, 4) is 5.75 Å². The lowest BCUT2D eigenvalue weighted by molar-refractivity contribution is -0.0656. The van der Waals surface area contributed by atoms with Gasteiger partial charge in [-0.1, -0.05) is 18.2 Å². The standard InChI is InChI=1S/C15H24N2O2/c1-11-10-19-12(2)9-17(11)14(8-16)13-6-4-5-7-15(13)18-3/h4-7,11-12,14H,8-10,16H2,1-3H3. The minimum atomic E-state index is 0.178. The predicted molar refractivity (Wildman–Crippen MR) is 76.4 cm³/mol. The molecule has 2 N–H and O–H groups in total. The molecule has 19 heavy (non-hydrogen) atoms. The zero-order valence-corrected chi connectivity index (χ0v) is 12.0. The Morgan fingerprint density at radius 3 is 2.84 bits per heavy atom. The number of hydrogen-bond donors (Lipinski definition) is 1. The first-order valence-electron chi connectivity index (χ1n) is 6.87. The van der Waals surface area contributed by atoms with Gasteiger partial charge >= 0.3 is 0 Å². The number of methoxy groups -OCH3 is 1. The minimum absolute atomic E-state index is 0.178. The van der Waals surface area contributed by atoms with Gasteiger partial charge in [0.05, 0.1) is 25.9 Å². The van der Waals surface area contributed by atoms with Crippen molar-refractivity contribution in [3.05, 3.63) is 29.8 Å². The van der Waals surface area contributed by atoms with E-state index in [4.69, 9.17) is 15.2 Å². The second-order valence-electron chi connectivity index (χ2n) is 5.18. The molecule has 0 spiro atoms. The van der Waals surface area contributed by atoms with Gasteiger partial charge in [-0.15, -0.1) is 0 Å². The van der Waals surface area contributed by atoms with Crippen LogP contribution in [0.3, 0.4) is 0 Å². The summed E-state index contributed by atoms with van der Waals surface area (Å²) in [6.45, 7) is 6.53. The molecule has 1 fully saturated rings. The topological polar surface area (TPSA) is 47.7 Å². The van der Waals surface area contributed by atoms with Crippen LogP contribution in [0.5, 0.6) is 5.75 Å². The third kappa shape index (κ3) is 3.08. The highest BCUT2D eigenvalue weighted by Gasteiger charge is 2.31. The number of rotatable bonds is 4. The molecule has 0 bridgehead atoms. The number of morpholine rings is 1. The van der Waals surface area contributed by atoms with Gasteiger partial charge in [0.1, 0.15) is 5.75 Å². The molecule has 0 amide bonds. The van der Waals surface area contributed by atoms with E-state index in [0.29, 0.717) is 12.6 Å². The molecule has 2 rings (SSSR count). The summed E-state index contributed by atoms with van der Waals surface area (Å²) in [5.74, 6) is 0.907. The average Bonchev–Trinajstić information content (AvgIpc) is 2.44. The van der Waals surface area contributed by atoms with Crippen molar-refractivity contribution < 1.29 is 9.47 Å². The molecule has 106 valence electrons. The van der Waals surface area contributed by atoms with Crippen LogP contribution in [0.2, 0.25) is 0 Å². The van der Waals surface area contributed by atoms with Gasteiger partial charge in [0.15, 0.2) is 0 Å². The maximum atomic E-state index is 6.03. The molecular weight excluding hydrogens is 240 g/mol. The van der Waals surface area contributed by atoms with Crippen molar-refractivity contribution in [2.75, 3.05) is 26.8 Å². The Bertz CT molecular complexity index is 411. The maximum absolute atomic E-state index is 6.03. The van der Waals surface area contributed by atoms with Gasteiger partial charge < -0.3 is 15.2 Å². The van der Waals surface area contributed by atoms with Crippen LogP contribution in [0, 0.1) is 0 Å². The Balaban J connectivity index is 2.27. The molecule has 4 nitrogen and oxygen atoms in total. The Hall–Kier alpha value is -1.10. The highest BCUT2D eigenvalue weighted by molar-refractivity contribution is 5.36. The molecule has 3 atom stereocenters. The van der Waals surface area contributed by atoms with E-state index in [9.17, 15) is 0 Å². The fourth-order valence-electron chi connectivity index (χ4n) is 2.75. The molecule has 4 heteroatoms. The molecule has 3 unspecified atom stereocenters. The maximum Gasteiger partial charge on any atom is 0.123 e. The van der Waals surface area contributed by atoms with Gasteiger partial charge in [0.25, 0.3) is 0 Å². The molecule has 1 aliphatic rings. The summed E-state index contributed by atoms with van der Waals surface area (Å²) in [7, 11) is 1.71. The zero-order valence-electron chi connectivity index (χ0n) is 12.0. The van der Waals surface area contributed by atoms with E-state index in [1.807, 2.05) is 18.2 Å². The Labute approximate surface area is 115 Å². The van der Waals surface area contributed by atoms with Crippen LogP contribution < -0.4 is 10.5 Å². The van der Waals surface area contributed by atoms with Crippen LogP contribution in [0.1, 0.15) is 25.5 Å². The van der Waals surface area contributed by atoms with Crippen LogP contribution in [-0.4, -0.2) is 43.9 Å². The lowest BCUT2D eigenvalue weighted by Gasteiger charge is -2.42. The minimum Gasteiger partial charge on any atom is -0.496 e.